The van der Waals surface area contributed by atoms with Crippen LogP contribution < -0.4 is 0 Å². The highest BCUT2D eigenvalue weighted by molar-refractivity contribution is 5.95. The zero-order valence-corrected chi connectivity index (χ0v) is 8.94. The normalized spacial score (nSPS) is 13.4. The summed E-state index contributed by atoms with van der Waals surface area (Å²) in [6.45, 7) is 1.71. The van der Waals surface area contributed by atoms with Crippen LogP contribution in [0.4, 0.5) is 0 Å². The molecule has 0 aliphatic heterocycles. The maximum Gasteiger partial charge on any atom is 0.135 e. The summed E-state index contributed by atoms with van der Waals surface area (Å²) in [6.07, 6.45) is -0.560. The molecule has 80 valence electrons. The van der Waals surface area contributed by atoms with E-state index in [-0.39, 0.29) is 0 Å². The number of H-pyrrole nitrogens is 1. The van der Waals surface area contributed by atoms with Gasteiger partial charge in [-0.1, -0.05) is 24.3 Å². The number of aliphatic hydroxyl groups excluding tert-OH is 1. The van der Waals surface area contributed by atoms with Crippen molar-refractivity contribution in [1.82, 2.24) is 9.97 Å². The summed E-state index contributed by atoms with van der Waals surface area (Å²) in [4.78, 5) is 7.48. The highest BCUT2D eigenvalue weighted by atomic mass is 16.3. The molecule has 0 amide bonds. The summed E-state index contributed by atoms with van der Waals surface area (Å²) in [6, 6.07) is 12.2. The maximum atomic E-state index is 9.47. The number of nitrogens with one attached hydrogen (secondary N) is 1. The van der Waals surface area contributed by atoms with Crippen LogP contribution in [-0.2, 0) is 0 Å². The second-order valence-electron chi connectivity index (χ2n) is 4.01. The van der Waals surface area contributed by atoms with Gasteiger partial charge in [0.15, 0.2) is 0 Å². The molecule has 1 aromatic heterocycles. The van der Waals surface area contributed by atoms with Crippen molar-refractivity contribution in [3.63, 3.8) is 0 Å². The molecule has 0 spiro atoms. The molecule has 0 saturated heterocycles. The lowest BCUT2D eigenvalue weighted by molar-refractivity contribution is 0.190. The van der Waals surface area contributed by atoms with Gasteiger partial charge in [-0.25, -0.2) is 4.98 Å². The molecule has 0 unspecified atom stereocenters. The van der Waals surface area contributed by atoms with Crippen LogP contribution in [0, 0.1) is 0 Å². The van der Waals surface area contributed by atoms with Gasteiger partial charge in [-0.05, 0) is 29.8 Å². The second-order valence-corrected chi connectivity index (χ2v) is 4.01. The van der Waals surface area contributed by atoms with E-state index < -0.39 is 6.10 Å². The minimum absolute atomic E-state index is 0.560. The van der Waals surface area contributed by atoms with Gasteiger partial charge < -0.3 is 10.1 Å². The van der Waals surface area contributed by atoms with Crippen LogP contribution in [0.15, 0.2) is 36.4 Å². The number of aromatic amines is 1. The zero-order chi connectivity index (χ0) is 11.1. The summed E-state index contributed by atoms with van der Waals surface area (Å²) in [5.41, 5.74) is 1.87. The second kappa shape index (κ2) is 3.32. The third kappa shape index (κ3) is 1.37. The topological polar surface area (TPSA) is 48.9 Å². The molecule has 3 heteroatoms. The average Bonchev–Trinajstić information content (AvgIpc) is 2.68. The summed E-state index contributed by atoms with van der Waals surface area (Å²) in [5.74, 6) is 0.616. The van der Waals surface area contributed by atoms with Crippen LogP contribution in [0.1, 0.15) is 18.9 Å². The van der Waals surface area contributed by atoms with Gasteiger partial charge in [-0.3, -0.25) is 0 Å². The molecule has 3 nitrogen and oxygen atoms in total. The molecule has 0 bridgehead atoms. The molecule has 0 saturated carbocycles. The van der Waals surface area contributed by atoms with Gasteiger partial charge in [-0.15, -0.1) is 0 Å². The molecule has 0 fully saturated rings. The van der Waals surface area contributed by atoms with Crippen LogP contribution >= 0.6 is 0 Å². The van der Waals surface area contributed by atoms with Gasteiger partial charge in [-0.2, -0.15) is 0 Å². The lowest BCUT2D eigenvalue weighted by Crippen LogP contribution is -1.92. The number of hydrogen-bond donors (Lipinski definition) is 2. The smallest absolute Gasteiger partial charge is 0.135 e. The summed E-state index contributed by atoms with van der Waals surface area (Å²) < 4.78 is 0. The van der Waals surface area contributed by atoms with Gasteiger partial charge in [0, 0.05) is 0 Å². The van der Waals surface area contributed by atoms with E-state index >= 15 is 0 Å². The first-order chi connectivity index (χ1) is 7.74. The van der Waals surface area contributed by atoms with E-state index in [1.165, 1.54) is 10.8 Å². The number of benzene rings is 2. The van der Waals surface area contributed by atoms with Crippen LogP contribution in [0.3, 0.4) is 0 Å². The molecule has 2 N–H and O–H groups in total. The summed E-state index contributed by atoms with van der Waals surface area (Å²) in [5, 5.41) is 11.8. The fourth-order valence-electron chi connectivity index (χ4n) is 1.91. The SMILES string of the molecule is C[C@@H](O)c1nc2cc3ccccc3cc2[nH]1. The minimum atomic E-state index is -0.560. The Kier molecular flexibility index (Phi) is 1.94. The largest absolute Gasteiger partial charge is 0.385 e. The van der Waals surface area contributed by atoms with Crippen molar-refractivity contribution in [2.75, 3.05) is 0 Å². The Morgan fingerprint density at radius 3 is 2.56 bits per heavy atom. The van der Waals surface area contributed by atoms with Gasteiger partial charge in [0.2, 0.25) is 0 Å². The number of rotatable bonds is 1. The molecular formula is C13H12N2O. The summed E-state index contributed by atoms with van der Waals surface area (Å²) >= 11 is 0. The zero-order valence-electron chi connectivity index (χ0n) is 8.94. The van der Waals surface area contributed by atoms with Gasteiger partial charge in [0.05, 0.1) is 11.0 Å². The monoisotopic (exact) mass is 212 g/mol. The number of fused-ring (bicyclic) bond motifs is 2. The Morgan fingerprint density at radius 1 is 1.19 bits per heavy atom. The van der Waals surface area contributed by atoms with E-state index in [0.29, 0.717) is 5.82 Å². The maximum absolute atomic E-state index is 9.47. The number of aliphatic hydroxyl groups is 1. The molecule has 3 rings (SSSR count). The molecule has 0 aliphatic rings. The predicted octanol–water partition coefficient (Wildman–Crippen LogP) is 2.77. The Balaban J connectivity index is 2.34. The van der Waals surface area contributed by atoms with Gasteiger partial charge >= 0.3 is 0 Å². The van der Waals surface area contributed by atoms with Crippen molar-refractivity contribution in [3.05, 3.63) is 42.2 Å². The van der Waals surface area contributed by atoms with Crippen LogP contribution in [0.5, 0.6) is 0 Å². The van der Waals surface area contributed by atoms with Crippen molar-refractivity contribution in [2.24, 2.45) is 0 Å². The third-order valence-corrected chi connectivity index (χ3v) is 2.76. The highest BCUT2D eigenvalue weighted by Crippen LogP contribution is 2.22. The quantitative estimate of drug-likeness (QED) is 0.651. The fraction of sp³-hybridized carbons (Fsp3) is 0.154. The molecule has 1 heterocycles. The first kappa shape index (κ1) is 9.36. The first-order valence-electron chi connectivity index (χ1n) is 5.30. The van der Waals surface area contributed by atoms with E-state index in [0.717, 1.165) is 11.0 Å². The number of hydrogen-bond acceptors (Lipinski definition) is 2. The van der Waals surface area contributed by atoms with Crippen LogP contribution in [-0.4, -0.2) is 15.1 Å². The van der Waals surface area contributed by atoms with Gasteiger partial charge in [0.25, 0.3) is 0 Å². The Hall–Kier alpha value is -1.87. The van der Waals surface area contributed by atoms with E-state index in [1.807, 2.05) is 18.2 Å². The first-order valence-corrected chi connectivity index (χ1v) is 5.30. The molecule has 1 atom stereocenters. The Bertz CT molecular complexity index is 603. The van der Waals surface area contributed by atoms with Crippen molar-refractivity contribution in [2.45, 2.75) is 13.0 Å². The molecule has 16 heavy (non-hydrogen) atoms. The van der Waals surface area contributed by atoms with Crippen molar-refractivity contribution >= 4 is 21.8 Å². The molecule has 0 radical (unpaired) electrons. The predicted molar refractivity (Wildman–Crippen MR) is 64.2 cm³/mol. The number of aromatic nitrogens is 2. The number of imidazole rings is 1. The van der Waals surface area contributed by atoms with E-state index in [2.05, 4.69) is 28.2 Å². The Labute approximate surface area is 92.7 Å². The third-order valence-electron chi connectivity index (χ3n) is 2.76. The fourth-order valence-corrected chi connectivity index (χ4v) is 1.91. The van der Waals surface area contributed by atoms with Crippen LogP contribution in [0.25, 0.3) is 21.8 Å². The van der Waals surface area contributed by atoms with E-state index in [1.54, 1.807) is 6.92 Å². The highest BCUT2D eigenvalue weighted by Gasteiger charge is 2.07. The lowest BCUT2D eigenvalue weighted by atomic mass is 10.1. The summed E-state index contributed by atoms with van der Waals surface area (Å²) in [7, 11) is 0. The van der Waals surface area contributed by atoms with Crippen molar-refractivity contribution in [3.8, 4) is 0 Å². The Morgan fingerprint density at radius 2 is 1.88 bits per heavy atom. The van der Waals surface area contributed by atoms with Crippen molar-refractivity contribution < 1.29 is 5.11 Å². The van der Waals surface area contributed by atoms with Gasteiger partial charge in [0.1, 0.15) is 11.9 Å². The molecule has 2 aromatic carbocycles. The van der Waals surface area contributed by atoms with E-state index in [9.17, 15) is 5.11 Å². The average molecular weight is 212 g/mol. The molecule has 0 aliphatic carbocycles. The van der Waals surface area contributed by atoms with Crippen molar-refractivity contribution in [1.29, 1.82) is 0 Å². The van der Waals surface area contributed by atoms with E-state index in [4.69, 9.17) is 0 Å². The number of nitrogens with zero attached hydrogens (tertiary/aromatic N) is 1. The molecular weight excluding hydrogens is 200 g/mol. The molecule has 3 aromatic rings. The standard InChI is InChI=1S/C13H12N2O/c1-8(16)13-14-11-6-9-4-2-3-5-10(9)7-12(11)15-13/h2-8,16H,1H3,(H,14,15)/t8-/m1/s1. The minimum Gasteiger partial charge on any atom is -0.385 e. The van der Waals surface area contributed by atoms with Crippen LogP contribution in [0.2, 0.25) is 0 Å². The lowest BCUT2D eigenvalue weighted by Gasteiger charge is -1.96.